The van der Waals surface area contributed by atoms with E-state index >= 15 is 0 Å². The molecule has 0 aliphatic rings. The van der Waals surface area contributed by atoms with Gasteiger partial charge in [-0.15, -0.1) is 11.8 Å². The predicted octanol–water partition coefficient (Wildman–Crippen LogP) is 8.16. The molecule has 1 atom stereocenters. The fraction of sp³-hybridized carbons (Fsp3) is 0.192. The van der Waals surface area contributed by atoms with Crippen LogP contribution in [-0.2, 0) is 4.79 Å². The first kappa shape index (κ1) is 29.9. The number of hydrogen-bond acceptors (Lipinski definition) is 5. The Kier molecular flexibility index (Phi) is 10.6. The summed E-state index contributed by atoms with van der Waals surface area (Å²) in [6.07, 6.45) is 0.531. The van der Waals surface area contributed by atoms with E-state index in [1.807, 2.05) is 19.9 Å². The SMILES string of the molecule is CCOc1ccccc1NC(=O)C(CC)Sc1cccc(NC(=O)c2c(Cl)c(Cl)c(Cl)c(Cl)c2C(=O)O)c1. The van der Waals surface area contributed by atoms with Crippen LogP contribution >= 0.6 is 58.2 Å². The predicted molar refractivity (Wildman–Crippen MR) is 154 cm³/mol. The first-order valence-corrected chi connectivity index (χ1v) is 13.7. The fourth-order valence-corrected chi connectivity index (χ4v) is 5.47. The second-order valence-electron chi connectivity index (χ2n) is 7.73. The van der Waals surface area contributed by atoms with Crippen LogP contribution in [0.15, 0.2) is 53.4 Å². The zero-order valence-corrected chi connectivity index (χ0v) is 24.0. The molecule has 3 aromatic carbocycles. The lowest BCUT2D eigenvalue weighted by Gasteiger charge is -2.17. The molecule has 7 nitrogen and oxygen atoms in total. The molecule has 0 aliphatic heterocycles. The highest BCUT2D eigenvalue weighted by Gasteiger charge is 2.29. The number of carboxylic acid groups (broad SMARTS) is 1. The third-order valence-electron chi connectivity index (χ3n) is 5.19. The summed E-state index contributed by atoms with van der Waals surface area (Å²) in [6.45, 7) is 4.22. The van der Waals surface area contributed by atoms with Crippen molar-refractivity contribution < 1.29 is 24.2 Å². The van der Waals surface area contributed by atoms with Crippen molar-refractivity contribution in [2.75, 3.05) is 17.2 Å². The van der Waals surface area contributed by atoms with Crippen LogP contribution < -0.4 is 15.4 Å². The van der Waals surface area contributed by atoms with Crippen LogP contribution in [-0.4, -0.2) is 34.7 Å². The molecular weight excluding hydrogens is 594 g/mol. The van der Waals surface area contributed by atoms with Gasteiger partial charge >= 0.3 is 5.97 Å². The van der Waals surface area contributed by atoms with E-state index in [0.717, 1.165) is 0 Å². The molecule has 3 aromatic rings. The summed E-state index contributed by atoms with van der Waals surface area (Å²) in [5.41, 5.74) is -0.0723. The first-order valence-electron chi connectivity index (χ1n) is 11.3. The third-order valence-corrected chi connectivity index (χ3v) is 8.35. The molecule has 0 aromatic heterocycles. The topological polar surface area (TPSA) is 105 Å². The third kappa shape index (κ3) is 6.87. The molecule has 3 rings (SSSR count). The standard InChI is InChI=1S/C26H22Cl4N2O5S/c1-3-17(24(33)32-15-10-5-6-11-16(15)37-4-2)38-14-9-7-8-13(12-14)31-25(34)18-19(26(35)36)21(28)23(30)22(29)20(18)27/h5-12,17H,3-4H2,1-2H3,(H,31,34)(H,32,33)(H,35,36). The summed E-state index contributed by atoms with van der Waals surface area (Å²) in [5, 5.41) is 13.4. The minimum Gasteiger partial charge on any atom is -0.492 e. The van der Waals surface area contributed by atoms with Gasteiger partial charge in [-0.1, -0.05) is 71.5 Å². The maximum absolute atomic E-state index is 13.1. The van der Waals surface area contributed by atoms with E-state index in [1.165, 1.54) is 11.8 Å². The quantitative estimate of drug-likeness (QED) is 0.121. The molecule has 0 spiro atoms. The van der Waals surface area contributed by atoms with Crippen LogP contribution in [0.1, 0.15) is 41.0 Å². The zero-order chi connectivity index (χ0) is 28.0. The number of amides is 2. The summed E-state index contributed by atoms with van der Waals surface area (Å²) in [5.74, 6) is -1.96. The Bertz CT molecular complexity index is 1390. The van der Waals surface area contributed by atoms with Crippen molar-refractivity contribution >= 4 is 87.3 Å². The van der Waals surface area contributed by atoms with E-state index < -0.39 is 33.3 Å². The molecule has 0 radical (unpaired) electrons. The van der Waals surface area contributed by atoms with Gasteiger partial charge in [-0.2, -0.15) is 0 Å². The van der Waals surface area contributed by atoms with E-state index in [1.54, 1.807) is 42.5 Å². The van der Waals surface area contributed by atoms with Gasteiger partial charge in [-0.25, -0.2) is 4.79 Å². The summed E-state index contributed by atoms with van der Waals surface area (Å²) < 4.78 is 5.58. The molecule has 0 heterocycles. The Hall–Kier alpha value is -2.62. The van der Waals surface area contributed by atoms with Crippen molar-refractivity contribution in [3.05, 3.63) is 79.7 Å². The maximum Gasteiger partial charge on any atom is 0.338 e. The number of aromatic carboxylic acids is 1. The van der Waals surface area contributed by atoms with Gasteiger partial charge in [0.2, 0.25) is 5.91 Å². The molecule has 0 saturated carbocycles. The number of carbonyl (C=O) groups is 3. The molecule has 0 saturated heterocycles. The summed E-state index contributed by atoms with van der Waals surface area (Å²) in [6, 6.07) is 13.9. The fourth-order valence-electron chi connectivity index (χ4n) is 3.44. The Morgan fingerprint density at radius 1 is 0.895 bits per heavy atom. The highest BCUT2D eigenvalue weighted by Crippen LogP contribution is 2.42. The van der Waals surface area contributed by atoms with Crippen molar-refractivity contribution in [1.29, 1.82) is 0 Å². The van der Waals surface area contributed by atoms with E-state index in [4.69, 9.17) is 51.1 Å². The van der Waals surface area contributed by atoms with E-state index in [-0.39, 0.29) is 21.0 Å². The van der Waals surface area contributed by atoms with Gasteiger partial charge < -0.3 is 20.5 Å². The summed E-state index contributed by atoms with van der Waals surface area (Å²) >= 11 is 25.5. The average molecular weight is 616 g/mol. The molecule has 0 bridgehead atoms. The smallest absolute Gasteiger partial charge is 0.338 e. The molecule has 2 amide bonds. The summed E-state index contributed by atoms with van der Waals surface area (Å²) in [4.78, 5) is 38.6. The molecule has 0 fully saturated rings. The minimum absolute atomic E-state index is 0.206. The van der Waals surface area contributed by atoms with E-state index in [0.29, 0.717) is 35.0 Å². The van der Waals surface area contributed by atoms with Crippen LogP contribution in [0.3, 0.4) is 0 Å². The number of rotatable bonds is 10. The van der Waals surface area contributed by atoms with Gasteiger partial charge in [-0.05, 0) is 43.7 Å². The van der Waals surface area contributed by atoms with Gasteiger partial charge in [0.25, 0.3) is 5.91 Å². The Balaban J connectivity index is 1.81. The van der Waals surface area contributed by atoms with Crippen molar-refractivity contribution in [3.8, 4) is 5.75 Å². The van der Waals surface area contributed by atoms with Gasteiger partial charge in [0, 0.05) is 10.6 Å². The number of carbonyl (C=O) groups excluding carboxylic acids is 2. The highest BCUT2D eigenvalue weighted by molar-refractivity contribution is 8.00. The van der Waals surface area contributed by atoms with Crippen LogP contribution in [0.4, 0.5) is 11.4 Å². The second kappa shape index (κ2) is 13.4. The molecule has 200 valence electrons. The molecule has 1 unspecified atom stereocenters. The largest absolute Gasteiger partial charge is 0.492 e. The monoisotopic (exact) mass is 614 g/mol. The lowest BCUT2D eigenvalue weighted by Crippen LogP contribution is -2.24. The zero-order valence-electron chi connectivity index (χ0n) is 20.1. The number of ether oxygens (including phenoxy) is 1. The number of nitrogens with one attached hydrogen (secondary N) is 2. The number of benzene rings is 3. The number of halogens is 4. The number of carboxylic acids is 1. The van der Waals surface area contributed by atoms with Gasteiger partial charge in [0.05, 0.1) is 48.8 Å². The van der Waals surface area contributed by atoms with Gasteiger partial charge in [-0.3, -0.25) is 9.59 Å². The molecular formula is C26H22Cl4N2O5S. The minimum atomic E-state index is -1.49. The normalized spacial score (nSPS) is 11.5. The Morgan fingerprint density at radius 3 is 2.18 bits per heavy atom. The van der Waals surface area contributed by atoms with Gasteiger partial charge in [0.15, 0.2) is 0 Å². The van der Waals surface area contributed by atoms with Crippen LogP contribution in [0.25, 0.3) is 0 Å². The second-order valence-corrected chi connectivity index (χ2v) is 10.5. The van der Waals surface area contributed by atoms with Crippen molar-refractivity contribution in [1.82, 2.24) is 0 Å². The van der Waals surface area contributed by atoms with E-state index in [9.17, 15) is 19.5 Å². The van der Waals surface area contributed by atoms with Crippen molar-refractivity contribution in [3.63, 3.8) is 0 Å². The number of para-hydroxylation sites is 2. The van der Waals surface area contributed by atoms with E-state index in [2.05, 4.69) is 10.6 Å². The molecule has 0 aliphatic carbocycles. The number of anilines is 2. The summed E-state index contributed by atoms with van der Waals surface area (Å²) in [7, 11) is 0. The number of hydrogen-bond donors (Lipinski definition) is 3. The highest BCUT2D eigenvalue weighted by atomic mass is 35.5. The lowest BCUT2D eigenvalue weighted by molar-refractivity contribution is -0.115. The first-order chi connectivity index (χ1) is 18.1. The number of thioether (sulfide) groups is 1. The maximum atomic E-state index is 13.1. The van der Waals surface area contributed by atoms with Crippen LogP contribution in [0.5, 0.6) is 5.75 Å². The van der Waals surface area contributed by atoms with Crippen molar-refractivity contribution in [2.24, 2.45) is 0 Å². The van der Waals surface area contributed by atoms with Crippen molar-refractivity contribution in [2.45, 2.75) is 30.4 Å². The lowest BCUT2D eigenvalue weighted by atomic mass is 10.1. The Labute approximate surface area is 243 Å². The van der Waals surface area contributed by atoms with Crippen LogP contribution in [0.2, 0.25) is 20.1 Å². The molecule has 38 heavy (non-hydrogen) atoms. The molecule has 12 heteroatoms. The van der Waals surface area contributed by atoms with Crippen LogP contribution in [0, 0.1) is 0 Å². The average Bonchev–Trinajstić information content (AvgIpc) is 2.89. The molecule has 3 N–H and O–H groups in total. The Morgan fingerprint density at radius 2 is 1.55 bits per heavy atom. The van der Waals surface area contributed by atoms with Gasteiger partial charge in [0.1, 0.15) is 5.75 Å².